The molecule has 3 amide bonds. The molecule has 1 atom stereocenters. The zero-order valence-electron chi connectivity index (χ0n) is 15.0. The van der Waals surface area contributed by atoms with E-state index in [0.717, 1.165) is 10.7 Å². The van der Waals surface area contributed by atoms with E-state index in [1.807, 2.05) is 13.8 Å². The fourth-order valence-corrected chi connectivity index (χ4v) is 5.19. The third-order valence-corrected chi connectivity index (χ3v) is 7.57. The Balaban J connectivity index is 2.09. The van der Waals surface area contributed by atoms with Gasteiger partial charge >= 0.3 is 5.97 Å². The molecule has 0 aliphatic carbocycles. The zero-order valence-corrected chi connectivity index (χ0v) is 17.6. The second-order valence-corrected chi connectivity index (χ2v) is 10.4. The Bertz CT molecular complexity index is 542. The summed E-state index contributed by atoms with van der Waals surface area (Å²) >= 11 is 4.05. The maximum Gasteiger partial charge on any atom is 0.303 e. The fourth-order valence-electron chi connectivity index (χ4n) is 2.24. The van der Waals surface area contributed by atoms with Crippen molar-refractivity contribution < 1.29 is 24.3 Å². The number of carbonyl (C=O) groups excluding carboxylic acids is 3. The smallest absolute Gasteiger partial charge is 0.303 e. The van der Waals surface area contributed by atoms with Crippen LogP contribution in [0.5, 0.6) is 0 Å². The van der Waals surface area contributed by atoms with E-state index in [4.69, 9.17) is 5.11 Å². The fraction of sp³-hybridized carbons (Fsp3) is 0.750. The van der Waals surface area contributed by atoms with E-state index in [-0.39, 0.29) is 48.4 Å². The number of imide groups is 1. The molecule has 0 spiro atoms. The van der Waals surface area contributed by atoms with E-state index in [1.54, 1.807) is 21.6 Å². The van der Waals surface area contributed by atoms with E-state index in [2.05, 4.69) is 17.9 Å². The van der Waals surface area contributed by atoms with Crippen molar-refractivity contribution in [2.24, 2.45) is 0 Å². The summed E-state index contributed by atoms with van der Waals surface area (Å²) < 4.78 is -0.120. The number of carboxylic acids is 1. The van der Waals surface area contributed by atoms with Gasteiger partial charge in [0.05, 0.1) is 5.25 Å². The van der Waals surface area contributed by atoms with Gasteiger partial charge in [-0.1, -0.05) is 21.6 Å². The number of hydrogen-bond donors (Lipinski definition) is 3. The zero-order chi connectivity index (χ0) is 19.7. The Morgan fingerprint density at radius 2 is 2.04 bits per heavy atom. The number of hydrogen-bond acceptors (Lipinski definition) is 7. The van der Waals surface area contributed by atoms with Gasteiger partial charge < -0.3 is 10.4 Å². The van der Waals surface area contributed by atoms with Crippen molar-refractivity contribution in [2.75, 3.05) is 18.8 Å². The molecular formula is C16H26N2O5S3. The minimum atomic E-state index is -0.789. The van der Waals surface area contributed by atoms with Crippen LogP contribution in [-0.4, -0.2) is 62.5 Å². The summed E-state index contributed by atoms with van der Waals surface area (Å²) in [6.07, 6.45) is 1.95. The molecule has 1 rings (SSSR count). The molecule has 1 heterocycles. The lowest BCUT2D eigenvalue weighted by Gasteiger charge is -2.22. The molecule has 148 valence electrons. The van der Waals surface area contributed by atoms with Crippen LogP contribution in [0.4, 0.5) is 0 Å². The lowest BCUT2D eigenvalue weighted by atomic mass is 10.1. The molecule has 0 aromatic rings. The number of carbonyl (C=O) groups is 4. The van der Waals surface area contributed by atoms with Crippen LogP contribution in [0.15, 0.2) is 0 Å². The van der Waals surface area contributed by atoms with Crippen molar-refractivity contribution in [3.63, 3.8) is 0 Å². The summed E-state index contributed by atoms with van der Waals surface area (Å²) in [6, 6.07) is 0. The van der Waals surface area contributed by atoms with Crippen molar-refractivity contribution >= 4 is 57.9 Å². The molecule has 1 aliphatic rings. The van der Waals surface area contributed by atoms with Gasteiger partial charge in [-0.2, -0.15) is 12.6 Å². The number of amides is 3. The molecule has 0 aromatic heterocycles. The predicted molar refractivity (Wildman–Crippen MR) is 107 cm³/mol. The van der Waals surface area contributed by atoms with E-state index in [9.17, 15) is 19.2 Å². The molecule has 0 bridgehead atoms. The second kappa shape index (κ2) is 11.1. The number of likely N-dealkylation sites (tertiary alicyclic amines) is 1. The Kier molecular flexibility index (Phi) is 9.88. The minimum Gasteiger partial charge on any atom is -0.481 e. The lowest BCUT2D eigenvalue weighted by molar-refractivity contribution is -0.139. The van der Waals surface area contributed by atoms with Crippen LogP contribution in [0.2, 0.25) is 0 Å². The molecule has 2 N–H and O–H groups in total. The first-order valence-electron chi connectivity index (χ1n) is 8.44. The van der Waals surface area contributed by atoms with Gasteiger partial charge in [-0.05, 0) is 26.7 Å². The van der Waals surface area contributed by atoms with Crippen molar-refractivity contribution in [2.45, 2.75) is 55.9 Å². The van der Waals surface area contributed by atoms with Crippen LogP contribution >= 0.6 is 34.2 Å². The number of thiol groups is 1. The maximum absolute atomic E-state index is 11.8. The molecule has 1 saturated heterocycles. The van der Waals surface area contributed by atoms with Crippen LogP contribution in [0.25, 0.3) is 0 Å². The predicted octanol–water partition coefficient (Wildman–Crippen LogP) is 1.96. The van der Waals surface area contributed by atoms with Crippen molar-refractivity contribution in [3.05, 3.63) is 0 Å². The van der Waals surface area contributed by atoms with Crippen LogP contribution < -0.4 is 5.32 Å². The Labute approximate surface area is 167 Å². The van der Waals surface area contributed by atoms with Crippen molar-refractivity contribution in [1.82, 2.24) is 10.2 Å². The first-order chi connectivity index (χ1) is 12.1. The monoisotopic (exact) mass is 422 g/mol. The molecule has 0 radical (unpaired) electrons. The molecule has 26 heavy (non-hydrogen) atoms. The average Bonchev–Trinajstić information content (AvgIpc) is 2.79. The Hall–Kier alpha value is -0.870. The summed E-state index contributed by atoms with van der Waals surface area (Å²) in [7, 11) is 3.28. The van der Waals surface area contributed by atoms with Gasteiger partial charge in [-0.25, -0.2) is 0 Å². The van der Waals surface area contributed by atoms with E-state index >= 15 is 0 Å². The van der Waals surface area contributed by atoms with E-state index in [1.165, 1.54) is 0 Å². The maximum atomic E-state index is 11.8. The van der Waals surface area contributed by atoms with Gasteiger partial charge in [0.1, 0.15) is 0 Å². The molecule has 7 nitrogen and oxygen atoms in total. The summed E-state index contributed by atoms with van der Waals surface area (Å²) in [5.41, 5.74) is 0. The molecule has 0 saturated carbocycles. The lowest BCUT2D eigenvalue weighted by Crippen LogP contribution is -2.38. The highest BCUT2D eigenvalue weighted by molar-refractivity contribution is 8.77. The third kappa shape index (κ3) is 8.68. The largest absolute Gasteiger partial charge is 0.481 e. The Morgan fingerprint density at radius 1 is 1.35 bits per heavy atom. The van der Waals surface area contributed by atoms with Gasteiger partial charge in [0.2, 0.25) is 17.7 Å². The topological polar surface area (TPSA) is 104 Å². The third-order valence-electron chi connectivity index (χ3n) is 3.73. The highest BCUT2D eigenvalue weighted by Gasteiger charge is 2.35. The molecule has 1 fully saturated rings. The molecule has 10 heteroatoms. The number of nitrogens with one attached hydrogen (secondary N) is 1. The summed E-state index contributed by atoms with van der Waals surface area (Å²) in [4.78, 5) is 46.8. The van der Waals surface area contributed by atoms with Crippen molar-refractivity contribution in [3.8, 4) is 0 Å². The number of carboxylic acid groups (broad SMARTS) is 1. The van der Waals surface area contributed by atoms with Crippen molar-refractivity contribution in [1.29, 1.82) is 0 Å². The highest BCUT2D eigenvalue weighted by atomic mass is 33.1. The van der Waals surface area contributed by atoms with Crippen LogP contribution in [0.1, 0.15) is 46.0 Å². The quantitative estimate of drug-likeness (QED) is 0.191. The minimum absolute atomic E-state index is 0.109. The van der Waals surface area contributed by atoms with Crippen LogP contribution in [0, 0.1) is 0 Å². The summed E-state index contributed by atoms with van der Waals surface area (Å²) in [6.45, 7) is 4.46. The molecule has 1 aliphatic heterocycles. The SMILES string of the molecule is CC(C)(CCC(=O)O)SSCCCC(=O)NCCN1C(=O)CC(S)C1=O. The summed E-state index contributed by atoms with van der Waals surface area (Å²) in [5, 5.41) is 10.9. The number of rotatable bonds is 12. The van der Waals surface area contributed by atoms with E-state index < -0.39 is 11.2 Å². The standard InChI is InChI=1S/C16H26N2O5S3/c1-16(2,6-5-14(21)22)26-25-9-3-4-12(19)17-7-8-18-13(20)10-11(24)15(18)23/h11,24H,3-10H2,1-2H3,(H,17,19)(H,21,22). The summed E-state index contributed by atoms with van der Waals surface area (Å²) in [5.74, 6) is -0.654. The van der Waals surface area contributed by atoms with Gasteiger partial charge in [0, 0.05) is 42.9 Å². The van der Waals surface area contributed by atoms with Crippen LogP contribution in [-0.2, 0) is 19.2 Å². The van der Waals surface area contributed by atoms with Gasteiger partial charge in [-0.3, -0.25) is 24.1 Å². The van der Waals surface area contributed by atoms with Gasteiger partial charge in [0.25, 0.3) is 0 Å². The second-order valence-electron chi connectivity index (χ2n) is 6.62. The Morgan fingerprint density at radius 3 is 2.62 bits per heavy atom. The highest BCUT2D eigenvalue weighted by Crippen LogP contribution is 2.39. The average molecular weight is 423 g/mol. The number of aliphatic carboxylic acids is 1. The first-order valence-corrected chi connectivity index (χ1v) is 11.3. The molecule has 0 aromatic carbocycles. The normalized spacial score (nSPS) is 17.7. The number of nitrogens with zero attached hydrogens (tertiary/aromatic N) is 1. The first kappa shape index (κ1) is 23.2. The molecule has 1 unspecified atom stereocenters. The van der Waals surface area contributed by atoms with Gasteiger partial charge in [-0.15, -0.1) is 0 Å². The van der Waals surface area contributed by atoms with E-state index in [0.29, 0.717) is 19.3 Å². The van der Waals surface area contributed by atoms with Crippen LogP contribution in [0.3, 0.4) is 0 Å². The van der Waals surface area contributed by atoms with Gasteiger partial charge in [0.15, 0.2) is 0 Å². The molecular weight excluding hydrogens is 396 g/mol.